The highest BCUT2D eigenvalue weighted by Gasteiger charge is 2.31. The summed E-state index contributed by atoms with van der Waals surface area (Å²) in [6.07, 6.45) is 10.2. The summed E-state index contributed by atoms with van der Waals surface area (Å²) < 4.78 is 20.9. The Morgan fingerprint density at radius 1 is 1.14 bits per heavy atom. The summed E-state index contributed by atoms with van der Waals surface area (Å²) in [4.78, 5) is 11.9. The van der Waals surface area contributed by atoms with Crippen LogP contribution in [0.5, 0.6) is 5.88 Å². The number of likely N-dealkylation sites (N-methyl/N-ethyl adjacent to an activating group) is 1. The largest absolute Gasteiger partial charge is 0.475 e. The van der Waals surface area contributed by atoms with Crippen molar-refractivity contribution in [3.05, 3.63) is 11.8 Å². The monoisotopic (exact) mass is 426 g/mol. The summed E-state index contributed by atoms with van der Waals surface area (Å²) >= 11 is 1.20. The standard InChI is InChI=1S/C20H34N3O3S.C2H6/c1-4-6-8-9-14-25-20-19(21-27-22-20)17-11-10-13-23(3,15-17)16-26-18(24)12-7-5-2;1-2/h11H,4-10,12-16H2,1-3H3;1-2H3/q+1;. The predicted octanol–water partition coefficient (Wildman–Crippen LogP) is 5.45. The van der Waals surface area contributed by atoms with Crippen LogP contribution in [0.3, 0.4) is 0 Å². The molecular weight excluding hydrogens is 386 g/mol. The number of carbonyl (C=O) groups is 1. The van der Waals surface area contributed by atoms with E-state index in [0.717, 1.165) is 50.0 Å². The maximum absolute atomic E-state index is 11.9. The first-order valence-electron chi connectivity index (χ1n) is 11.2. The fraction of sp³-hybridized carbons (Fsp3) is 0.773. The van der Waals surface area contributed by atoms with E-state index in [4.69, 9.17) is 9.47 Å². The van der Waals surface area contributed by atoms with Crippen LogP contribution in [0.2, 0.25) is 0 Å². The third-order valence-electron chi connectivity index (χ3n) is 4.88. The molecule has 1 aliphatic heterocycles. The van der Waals surface area contributed by atoms with Gasteiger partial charge in [-0.3, -0.25) is 9.28 Å². The molecule has 0 bridgehead atoms. The second kappa shape index (κ2) is 14.5. The zero-order valence-electron chi connectivity index (χ0n) is 19.0. The molecule has 0 aliphatic carbocycles. The molecule has 1 atom stereocenters. The maximum atomic E-state index is 11.9. The van der Waals surface area contributed by atoms with E-state index in [1.54, 1.807) is 0 Å². The van der Waals surface area contributed by atoms with Crippen molar-refractivity contribution in [3.63, 3.8) is 0 Å². The van der Waals surface area contributed by atoms with E-state index in [-0.39, 0.29) is 5.97 Å². The lowest BCUT2D eigenvalue weighted by atomic mass is 10.1. The summed E-state index contributed by atoms with van der Waals surface area (Å²) in [6, 6.07) is 0. The first kappa shape index (κ1) is 25.6. The summed E-state index contributed by atoms with van der Waals surface area (Å²) in [5, 5.41) is 0. The van der Waals surface area contributed by atoms with Gasteiger partial charge in [0.15, 0.2) is 0 Å². The molecule has 6 nitrogen and oxygen atoms in total. The smallest absolute Gasteiger partial charge is 0.310 e. The lowest BCUT2D eigenvalue weighted by Gasteiger charge is -2.36. The van der Waals surface area contributed by atoms with Crippen LogP contribution in [0.15, 0.2) is 6.08 Å². The lowest BCUT2D eigenvalue weighted by Crippen LogP contribution is -2.49. The number of hydrogen-bond acceptors (Lipinski definition) is 6. The number of esters is 1. The van der Waals surface area contributed by atoms with Gasteiger partial charge in [0.1, 0.15) is 12.2 Å². The highest BCUT2D eigenvalue weighted by molar-refractivity contribution is 6.99. The van der Waals surface area contributed by atoms with Gasteiger partial charge in [-0.15, -0.1) is 4.37 Å². The fourth-order valence-corrected chi connectivity index (χ4v) is 3.71. The average Bonchev–Trinajstić information content (AvgIpc) is 3.21. The van der Waals surface area contributed by atoms with Gasteiger partial charge >= 0.3 is 5.97 Å². The Kier molecular flexibility index (Phi) is 12.8. The third kappa shape index (κ3) is 9.26. The highest BCUT2D eigenvalue weighted by atomic mass is 32.1. The van der Waals surface area contributed by atoms with Crippen LogP contribution in [0.25, 0.3) is 5.57 Å². The molecule has 1 aliphatic rings. The first-order valence-corrected chi connectivity index (χ1v) is 11.9. The number of quaternary nitrogens is 1. The van der Waals surface area contributed by atoms with Crippen molar-refractivity contribution in [2.45, 2.75) is 79.1 Å². The molecule has 0 saturated carbocycles. The predicted molar refractivity (Wildman–Crippen MR) is 120 cm³/mol. The van der Waals surface area contributed by atoms with E-state index >= 15 is 0 Å². The molecule has 1 unspecified atom stereocenters. The maximum Gasteiger partial charge on any atom is 0.310 e. The summed E-state index contributed by atoms with van der Waals surface area (Å²) in [7, 11) is 2.13. The molecule has 0 N–H and O–H groups in total. The topological polar surface area (TPSA) is 61.3 Å². The van der Waals surface area contributed by atoms with Gasteiger partial charge in [-0.05, 0) is 12.8 Å². The lowest BCUT2D eigenvalue weighted by molar-refractivity contribution is -0.919. The van der Waals surface area contributed by atoms with Crippen LogP contribution in [0.4, 0.5) is 0 Å². The normalized spacial score (nSPS) is 18.4. The molecule has 166 valence electrons. The van der Waals surface area contributed by atoms with Gasteiger partial charge in [0.2, 0.25) is 6.73 Å². The van der Waals surface area contributed by atoms with Crippen molar-refractivity contribution in [1.29, 1.82) is 0 Å². The summed E-state index contributed by atoms with van der Waals surface area (Å²) in [6.45, 7) is 11.1. The van der Waals surface area contributed by atoms with Gasteiger partial charge in [-0.25, -0.2) is 0 Å². The van der Waals surface area contributed by atoms with Crippen LogP contribution in [0, 0.1) is 0 Å². The molecular formula is C22H40N3O3S+. The molecule has 0 fully saturated rings. The van der Waals surface area contributed by atoms with E-state index in [0.29, 0.717) is 30.1 Å². The Balaban J connectivity index is 0.00000204. The second-order valence-corrected chi connectivity index (χ2v) is 8.12. The van der Waals surface area contributed by atoms with Gasteiger partial charge in [0.25, 0.3) is 5.88 Å². The van der Waals surface area contributed by atoms with Crippen LogP contribution in [-0.4, -0.2) is 52.7 Å². The number of rotatable bonds is 12. The number of aromatic nitrogens is 2. The van der Waals surface area contributed by atoms with E-state index in [9.17, 15) is 4.79 Å². The second-order valence-electron chi connectivity index (χ2n) is 7.60. The molecule has 2 rings (SSSR count). The van der Waals surface area contributed by atoms with Crippen molar-refractivity contribution >= 4 is 23.3 Å². The van der Waals surface area contributed by atoms with E-state index in [1.807, 2.05) is 13.8 Å². The molecule has 2 heterocycles. The van der Waals surface area contributed by atoms with Crippen molar-refractivity contribution < 1.29 is 18.8 Å². The molecule has 1 aromatic rings. The van der Waals surface area contributed by atoms with Crippen molar-refractivity contribution in [2.24, 2.45) is 0 Å². The minimum Gasteiger partial charge on any atom is -0.475 e. The number of carbonyl (C=O) groups excluding carboxylic acids is 1. The van der Waals surface area contributed by atoms with Gasteiger partial charge in [-0.1, -0.05) is 59.5 Å². The molecule has 0 radical (unpaired) electrons. The van der Waals surface area contributed by atoms with Crippen LogP contribution in [-0.2, 0) is 9.53 Å². The zero-order valence-corrected chi connectivity index (χ0v) is 19.9. The molecule has 0 amide bonds. The molecule has 1 aromatic heterocycles. The summed E-state index contributed by atoms with van der Waals surface area (Å²) in [5.41, 5.74) is 2.00. The summed E-state index contributed by atoms with van der Waals surface area (Å²) in [5.74, 6) is 0.551. The number of nitrogens with zero attached hydrogens (tertiary/aromatic N) is 3. The SMILES string of the molecule is CC.CCCCCCOc1nsnc1C1=CCC[N+](C)(COC(=O)CCCC)C1. The van der Waals surface area contributed by atoms with E-state index in [1.165, 1.54) is 31.0 Å². The quantitative estimate of drug-likeness (QED) is 0.253. The number of ether oxygens (including phenoxy) is 2. The fourth-order valence-electron chi connectivity index (χ4n) is 3.18. The van der Waals surface area contributed by atoms with Crippen LogP contribution < -0.4 is 4.74 Å². The molecule has 0 aromatic carbocycles. The highest BCUT2D eigenvalue weighted by Crippen LogP contribution is 2.30. The molecule has 0 saturated heterocycles. The number of hydrogen-bond donors (Lipinski definition) is 0. The van der Waals surface area contributed by atoms with Crippen molar-refractivity contribution in [2.75, 3.05) is 33.5 Å². The van der Waals surface area contributed by atoms with Crippen LogP contribution in [0.1, 0.15) is 84.8 Å². The number of unbranched alkanes of at least 4 members (excludes halogenated alkanes) is 4. The zero-order chi connectivity index (χ0) is 21.5. The Hall–Kier alpha value is -1.47. The van der Waals surface area contributed by atoms with Gasteiger partial charge in [0, 0.05) is 18.4 Å². The minimum atomic E-state index is -0.0984. The third-order valence-corrected chi connectivity index (χ3v) is 5.39. The molecule has 0 spiro atoms. The Morgan fingerprint density at radius 3 is 2.62 bits per heavy atom. The van der Waals surface area contributed by atoms with Gasteiger partial charge in [0.05, 0.1) is 31.9 Å². The van der Waals surface area contributed by atoms with E-state index in [2.05, 4.69) is 35.7 Å². The average molecular weight is 427 g/mol. The van der Waals surface area contributed by atoms with E-state index < -0.39 is 0 Å². The Morgan fingerprint density at radius 2 is 1.90 bits per heavy atom. The Bertz CT molecular complexity index is 618. The Labute approximate surface area is 181 Å². The van der Waals surface area contributed by atoms with Crippen molar-refractivity contribution in [1.82, 2.24) is 8.75 Å². The van der Waals surface area contributed by atoms with Gasteiger partial charge < -0.3 is 9.47 Å². The van der Waals surface area contributed by atoms with Crippen molar-refractivity contribution in [3.8, 4) is 5.88 Å². The van der Waals surface area contributed by atoms with Crippen LogP contribution >= 0.6 is 11.7 Å². The van der Waals surface area contributed by atoms with Gasteiger partial charge in [-0.2, -0.15) is 4.37 Å². The first-order chi connectivity index (χ1) is 14.1. The molecule has 7 heteroatoms. The minimum absolute atomic E-state index is 0.0984. The molecule has 29 heavy (non-hydrogen) atoms.